The fourth-order valence-electron chi connectivity index (χ4n) is 2.45. The van der Waals surface area contributed by atoms with Crippen LogP contribution in [0, 0.1) is 0 Å². The molecule has 4 nitrogen and oxygen atoms in total. The molecule has 0 saturated heterocycles. The molecule has 0 amide bonds. The second-order valence-electron chi connectivity index (χ2n) is 5.26. The minimum atomic E-state index is 0.329. The van der Waals surface area contributed by atoms with Crippen LogP contribution in [0.3, 0.4) is 0 Å². The van der Waals surface area contributed by atoms with E-state index >= 15 is 0 Å². The van der Waals surface area contributed by atoms with Gasteiger partial charge in [0.05, 0.1) is 11.9 Å². The fourth-order valence-corrected chi connectivity index (χ4v) is 2.45. The number of nitrogens with zero attached hydrogens (tertiary/aromatic N) is 2. The van der Waals surface area contributed by atoms with E-state index in [-0.39, 0.29) is 0 Å². The van der Waals surface area contributed by atoms with Crippen molar-refractivity contribution in [2.45, 2.75) is 64.5 Å². The normalized spacial score (nSPS) is 17.1. The zero-order valence-electron chi connectivity index (χ0n) is 11.9. The quantitative estimate of drug-likeness (QED) is 0.633. The number of nitrogens with one attached hydrogen (secondary N) is 1. The average molecular weight is 263 g/mol. The molecule has 19 heavy (non-hydrogen) atoms. The lowest BCUT2D eigenvalue weighted by atomic mass is 10.1. The zero-order valence-corrected chi connectivity index (χ0v) is 11.9. The Hall–Kier alpha value is -1.16. The van der Waals surface area contributed by atoms with Crippen LogP contribution in [0.1, 0.15) is 57.6 Å². The smallest absolute Gasteiger partial charge is 0.232 e. The molecule has 1 fully saturated rings. The molecular formula is C15H25N3O. The molecule has 106 valence electrons. The molecule has 0 unspecified atom stereocenters. The van der Waals surface area contributed by atoms with E-state index in [4.69, 9.17) is 4.74 Å². The summed E-state index contributed by atoms with van der Waals surface area (Å²) in [5, 5.41) is 3.33. The van der Waals surface area contributed by atoms with Crippen LogP contribution in [0.4, 0.5) is 0 Å². The molecule has 4 heteroatoms. The Morgan fingerprint density at radius 2 is 2.00 bits per heavy atom. The lowest BCUT2D eigenvalue weighted by Crippen LogP contribution is -2.18. The lowest BCUT2D eigenvalue weighted by molar-refractivity contribution is 0.175. The van der Waals surface area contributed by atoms with Gasteiger partial charge in [-0.05, 0) is 38.6 Å². The Morgan fingerprint density at radius 1 is 1.21 bits per heavy atom. The summed E-state index contributed by atoms with van der Waals surface area (Å²) in [6.07, 6.45) is 12.5. The third-order valence-corrected chi connectivity index (χ3v) is 3.48. The van der Waals surface area contributed by atoms with Gasteiger partial charge in [-0.1, -0.05) is 19.8 Å². The Labute approximate surface area is 116 Å². The standard InChI is InChI=1S/C15H25N3O/c1-2-9-16-10-13-11-17-12-15(18-13)19-14-7-5-3-4-6-8-14/h11-12,14,16H,2-10H2,1H3. The van der Waals surface area contributed by atoms with Gasteiger partial charge in [-0.25, -0.2) is 4.98 Å². The maximum atomic E-state index is 5.98. The van der Waals surface area contributed by atoms with Crippen LogP contribution in [0.15, 0.2) is 12.4 Å². The molecule has 2 rings (SSSR count). The van der Waals surface area contributed by atoms with E-state index in [0.717, 1.165) is 38.0 Å². The Bertz CT molecular complexity index is 362. The summed E-state index contributed by atoms with van der Waals surface area (Å²) in [7, 11) is 0. The van der Waals surface area contributed by atoms with Crippen LogP contribution in [0.25, 0.3) is 0 Å². The highest BCUT2D eigenvalue weighted by atomic mass is 16.5. The molecule has 1 aliphatic rings. The second-order valence-corrected chi connectivity index (χ2v) is 5.26. The summed E-state index contributed by atoms with van der Waals surface area (Å²) in [5.74, 6) is 0.683. The van der Waals surface area contributed by atoms with Gasteiger partial charge < -0.3 is 10.1 Å². The number of hydrogen-bond donors (Lipinski definition) is 1. The van der Waals surface area contributed by atoms with Crippen molar-refractivity contribution < 1.29 is 4.74 Å². The maximum Gasteiger partial charge on any atom is 0.232 e. The Balaban J connectivity index is 1.86. The number of ether oxygens (including phenoxy) is 1. The predicted molar refractivity (Wildman–Crippen MR) is 76.1 cm³/mol. The van der Waals surface area contributed by atoms with Crippen molar-refractivity contribution >= 4 is 0 Å². The van der Waals surface area contributed by atoms with Crippen molar-refractivity contribution in [3.05, 3.63) is 18.1 Å². The van der Waals surface area contributed by atoms with Crippen molar-refractivity contribution in [1.29, 1.82) is 0 Å². The van der Waals surface area contributed by atoms with Crippen LogP contribution in [-0.4, -0.2) is 22.6 Å². The summed E-state index contributed by atoms with van der Waals surface area (Å²) < 4.78 is 5.98. The van der Waals surface area contributed by atoms with E-state index in [2.05, 4.69) is 22.2 Å². The van der Waals surface area contributed by atoms with Gasteiger partial charge in [0, 0.05) is 12.7 Å². The summed E-state index contributed by atoms with van der Waals surface area (Å²) in [4.78, 5) is 8.75. The SMILES string of the molecule is CCCNCc1cncc(OC2CCCCCC2)n1. The van der Waals surface area contributed by atoms with Crippen molar-refractivity contribution in [2.75, 3.05) is 6.54 Å². The minimum Gasteiger partial charge on any atom is -0.473 e. The Kier molecular flexibility index (Phi) is 6.08. The molecule has 0 radical (unpaired) electrons. The molecule has 1 N–H and O–H groups in total. The third kappa shape index (κ3) is 5.15. The van der Waals surface area contributed by atoms with E-state index < -0.39 is 0 Å². The summed E-state index contributed by atoms with van der Waals surface area (Å²) in [6, 6.07) is 0. The van der Waals surface area contributed by atoms with Crippen LogP contribution in [-0.2, 0) is 6.54 Å². The second kappa shape index (κ2) is 8.10. The molecule has 0 bridgehead atoms. The van der Waals surface area contributed by atoms with Crippen LogP contribution < -0.4 is 10.1 Å². The van der Waals surface area contributed by atoms with Gasteiger partial charge in [0.2, 0.25) is 5.88 Å². The van der Waals surface area contributed by atoms with Gasteiger partial charge in [0.15, 0.2) is 0 Å². The van der Waals surface area contributed by atoms with E-state index in [0.29, 0.717) is 12.0 Å². The number of hydrogen-bond acceptors (Lipinski definition) is 4. The van der Waals surface area contributed by atoms with Crippen molar-refractivity contribution in [3.63, 3.8) is 0 Å². The molecule has 0 aromatic carbocycles. The minimum absolute atomic E-state index is 0.329. The van der Waals surface area contributed by atoms with Gasteiger partial charge in [-0.15, -0.1) is 0 Å². The maximum absolute atomic E-state index is 5.98. The first-order valence-electron chi connectivity index (χ1n) is 7.57. The first kappa shape index (κ1) is 14.3. The number of rotatable bonds is 6. The highest BCUT2D eigenvalue weighted by Crippen LogP contribution is 2.21. The summed E-state index contributed by atoms with van der Waals surface area (Å²) >= 11 is 0. The first-order chi connectivity index (χ1) is 9.38. The monoisotopic (exact) mass is 263 g/mol. The van der Waals surface area contributed by atoms with E-state index in [1.807, 2.05) is 6.20 Å². The van der Waals surface area contributed by atoms with Crippen molar-refractivity contribution in [1.82, 2.24) is 15.3 Å². The molecule has 0 aliphatic heterocycles. The molecule has 0 spiro atoms. The van der Waals surface area contributed by atoms with E-state index in [9.17, 15) is 0 Å². The molecule has 1 aliphatic carbocycles. The highest BCUT2D eigenvalue weighted by Gasteiger charge is 2.14. The van der Waals surface area contributed by atoms with Crippen LogP contribution >= 0.6 is 0 Å². The van der Waals surface area contributed by atoms with Gasteiger partial charge in [-0.2, -0.15) is 0 Å². The topological polar surface area (TPSA) is 47.0 Å². The van der Waals surface area contributed by atoms with Gasteiger partial charge >= 0.3 is 0 Å². The van der Waals surface area contributed by atoms with Gasteiger partial charge in [0.25, 0.3) is 0 Å². The lowest BCUT2D eigenvalue weighted by Gasteiger charge is -2.16. The number of aromatic nitrogens is 2. The third-order valence-electron chi connectivity index (χ3n) is 3.48. The van der Waals surface area contributed by atoms with Gasteiger partial charge in [0.1, 0.15) is 6.10 Å². The molecule has 1 aromatic rings. The first-order valence-corrected chi connectivity index (χ1v) is 7.57. The molecular weight excluding hydrogens is 238 g/mol. The Morgan fingerprint density at radius 3 is 2.74 bits per heavy atom. The van der Waals surface area contributed by atoms with Crippen LogP contribution in [0.5, 0.6) is 5.88 Å². The molecule has 1 aromatic heterocycles. The van der Waals surface area contributed by atoms with Crippen molar-refractivity contribution in [2.24, 2.45) is 0 Å². The predicted octanol–water partition coefficient (Wildman–Crippen LogP) is 3.08. The average Bonchev–Trinajstić information content (AvgIpc) is 2.68. The summed E-state index contributed by atoms with van der Waals surface area (Å²) in [5.41, 5.74) is 0.958. The van der Waals surface area contributed by atoms with Gasteiger partial charge in [-0.3, -0.25) is 4.98 Å². The fraction of sp³-hybridized carbons (Fsp3) is 0.733. The zero-order chi connectivity index (χ0) is 13.3. The molecule has 1 saturated carbocycles. The highest BCUT2D eigenvalue weighted by molar-refractivity contribution is 5.08. The largest absolute Gasteiger partial charge is 0.473 e. The molecule has 1 heterocycles. The molecule has 0 atom stereocenters. The van der Waals surface area contributed by atoms with E-state index in [1.165, 1.54) is 25.7 Å². The summed E-state index contributed by atoms with van der Waals surface area (Å²) in [6.45, 7) is 3.93. The van der Waals surface area contributed by atoms with Crippen LogP contribution in [0.2, 0.25) is 0 Å². The van der Waals surface area contributed by atoms with Crippen molar-refractivity contribution in [3.8, 4) is 5.88 Å². The van der Waals surface area contributed by atoms with E-state index in [1.54, 1.807) is 6.20 Å².